The molecule has 2 aromatic heterocycles. The molecule has 3 rings (SSSR count). The predicted molar refractivity (Wildman–Crippen MR) is 90.1 cm³/mol. The molecule has 124 valence electrons. The van der Waals surface area contributed by atoms with Gasteiger partial charge in [-0.3, -0.25) is 4.68 Å². The lowest BCUT2D eigenvalue weighted by Crippen LogP contribution is -2.05. The molecule has 0 bridgehead atoms. The summed E-state index contributed by atoms with van der Waals surface area (Å²) in [7, 11) is 0. The Morgan fingerprint density at radius 1 is 1.17 bits per heavy atom. The minimum Gasteiger partial charge on any atom is -0.452 e. The molecule has 0 aliphatic rings. The summed E-state index contributed by atoms with van der Waals surface area (Å²) in [5.74, 6) is 0.219. The Hall–Kier alpha value is -2.18. The van der Waals surface area contributed by atoms with Gasteiger partial charge in [0.2, 0.25) is 0 Å². The maximum atomic E-state index is 13.8. The third kappa shape index (κ3) is 3.20. The van der Waals surface area contributed by atoms with E-state index < -0.39 is 5.82 Å². The molecule has 8 heteroatoms. The standard InChI is InChI=1S/C16H13Cl2FN4O/c1-9(2)23-15(12(17)6-22-23)11-5-10(19)3-4-13(11)24-14-7-20-8-21-16(14)18/h3-9H,1-2H3. The number of benzene rings is 1. The molecule has 0 atom stereocenters. The van der Waals surface area contributed by atoms with Gasteiger partial charge in [-0.2, -0.15) is 5.10 Å². The lowest BCUT2D eigenvalue weighted by atomic mass is 10.1. The van der Waals surface area contributed by atoms with Crippen LogP contribution >= 0.6 is 23.2 Å². The second kappa shape index (κ2) is 6.75. The van der Waals surface area contributed by atoms with Gasteiger partial charge in [-0.15, -0.1) is 0 Å². The van der Waals surface area contributed by atoms with Crippen LogP contribution in [-0.2, 0) is 0 Å². The van der Waals surface area contributed by atoms with E-state index in [1.165, 1.54) is 36.9 Å². The van der Waals surface area contributed by atoms with E-state index in [-0.39, 0.29) is 16.9 Å². The molecule has 0 aliphatic carbocycles. The molecule has 0 unspecified atom stereocenters. The van der Waals surface area contributed by atoms with Gasteiger partial charge in [-0.25, -0.2) is 14.4 Å². The zero-order valence-electron chi connectivity index (χ0n) is 12.9. The van der Waals surface area contributed by atoms with E-state index in [1.807, 2.05) is 13.8 Å². The molecule has 0 amide bonds. The SMILES string of the molecule is CC(C)n1ncc(Cl)c1-c1cc(F)ccc1Oc1cncnc1Cl. The van der Waals surface area contributed by atoms with Crippen molar-refractivity contribution in [3.63, 3.8) is 0 Å². The van der Waals surface area contributed by atoms with Crippen molar-refractivity contribution in [2.24, 2.45) is 0 Å². The minimum absolute atomic E-state index is 0.0345. The highest BCUT2D eigenvalue weighted by atomic mass is 35.5. The summed E-state index contributed by atoms with van der Waals surface area (Å²) in [6, 6.07) is 4.17. The fourth-order valence-corrected chi connectivity index (χ4v) is 2.61. The molecule has 0 saturated carbocycles. The Morgan fingerprint density at radius 2 is 1.96 bits per heavy atom. The van der Waals surface area contributed by atoms with E-state index in [0.29, 0.717) is 22.0 Å². The molecule has 3 aromatic rings. The number of nitrogens with zero attached hydrogens (tertiary/aromatic N) is 4. The van der Waals surface area contributed by atoms with Crippen LogP contribution in [-0.4, -0.2) is 19.7 Å². The third-order valence-corrected chi connectivity index (χ3v) is 3.85. The Bertz CT molecular complexity index is 882. The first-order valence-corrected chi connectivity index (χ1v) is 7.89. The number of aromatic nitrogens is 4. The molecule has 24 heavy (non-hydrogen) atoms. The van der Waals surface area contributed by atoms with Crippen molar-refractivity contribution in [2.75, 3.05) is 0 Å². The highest BCUT2D eigenvalue weighted by molar-refractivity contribution is 6.33. The van der Waals surface area contributed by atoms with Crippen LogP contribution < -0.4 is 4.74 Å². The Kier molecular flexibility index (Phi) is 4.69. The Balaban J connectivity index is 2.14. The second-order valence-electron chi connectivity index (χ2n) is 5.30. The molecule has 2 heterocycles. The van der Waals surface area contributed by atoms with Crippen molar-refractivity contribution >= 4 is 23.2 Å². The molecule has 0 saturated heterocycles. The fraction of sp³-hybridized carbons (Fsp3) is 0.188. The Labute approximate surface area is 148 Å². The first kappa shape index (κ1) is 16.7. The first-order chi connectivity index (χ1) is 11.5. The van der Waals surface area contributed by atoms with E-state index in [9.17, 15) is 4.39 Å². The van der Waals surface area contributed by atoms with Gasteiger partial charge < -0.3 is 4.74 Å². The molecule has 0 radical (unpaired) electrons. The van der Waals surface area contributed by atoms with Crippen LogP contribution in [0.3, 0.4) is 0 Å². The summed E-state index contributed by atoms with van der Waals surface area (Å²) < 4.78 is 21.3. The Morgan fingerprint density at radius 3 is 2.67 bits per heavy atom. The van der Waals surface area contributed by atoms with Crippen LogP contribution in [0, 0.1) is 5.82 Å². The number of halogens is 3. The van der Waals surface area contributed by atoms with Gasteiger partial charge in [0, 0.05) is 11.6 Å². The molecular formula is C16H13Cl2FN4O. The summed E-state index contributed by atoms with van der Waals surface area (Å²) in [5.41, 5.74) is 1.03. The number of ether oxygens (including phenoxy) is 1. The van der Waals surface area contributed by atoms with Crippen LogP contribution in [0.1, 0.15) is 19.9 Å². The fourth-order valence-electron chi connectivity index (χ4n) is 2.25. The van der Waals surface area contributed by atoms with Crippen molar-refractivity contribution in [1.29, 1.82) is 0 Å². The highest BCUT2D eigenvalue weighted by Crippen LogP contribution is 2.39. The molecule has 5 nitrogen and oxygen atoms in total. The molecular weight excluding hydrogens is 354 g/mol. The van der Waals surface area contributed by atoms with Crippen molar-refractivity contribution < 1.29 is 9.13 Å². The van der Waals surface area contributed by atoms with Crippen LogP contribution in [0.15, 0.2) is 36.9 Å². The van der Waals surface area contributed by atoms with Gasteiger partial charge in [0.25, 0.3) is 0 Å². The van der Waals surface area contributed by atoms with E-state index in [1.54, 1.807) is 4.68 Å². The summed E-state index contributed by atoms with van der Waals surface area (Å²) in [6.07, 6.45) is 4.26. The van der Waals surface area contributed by atoms with E-state index in [4.69, 9.17) is 27.9 Å². The van der Waals surface area contributed by atoms with E-state index in [0.717, 1.165) is 0 Å². The zero-order valence-corrected chi connectivity index (χ0v) is 14.4. The van der Waals surface area contributed by atoms with Crippen LogP contribution in [0.5, 0.6) is 11.5 Å². The minimum atomic E-state index is -0.416. The van der Waals surface area contributed by atoms with Gasteiger partial charge in [-0.1, -0.05) is 23.2 Å². The number of rotatable bonds is 4. The topological polar surface area (TPSA) is 52.8 Å². The second-order valence-corrected chi connectivity index (χ2v) is 6.06. The number of hydrogen-bond donors (Lipinski definition) is 0. The van der Waals surface area contributed by atoms with Crippen molar-refractivity contribution in [2.45, 2.75) is 19.9 Å². The predicted octanol–water partition coefficient (Wildman–Crippen LogP) is 5.16. The smallest absolute Gasteiger partial charge is 0.183 e. The average molecular weight is 367 g/mol. The van der Waals surface area contributed by atoms with Crippen molar-refractivity contribution in [3.8, 4) is 22.8 Å². The van der Waals surface area contributed by atoms with Gasteiger partial charge in [0.1, 0.15) is 17.9 Å². The van der Waals surface area contributed by atoms with Gasteiger partial charge in [0.05, 0.1) is 23.1 Å². The van der Waals surface area contributed by atoms with Crippen molar-refractivity contribution in [1.82, 2.24) is 19.7 Å². The maximum absolute atomic E-state index is 13.8. The van der Waals surface area contributed by atoms with E-state index >= 15 is 0 Å². The number of hydrogen-bond acceptors (Lipinski definition) is 4. The third-order valence-electron chi connectivity index (χ3n) is 3.29. The molecule has 0 spiro atoms. The average Bonchev–Trinajstić information content (AvgIpc) is 2.93. The maximum Gasteiger partial charge on any atom is 0.183 e. The van der Waals surface area contributed by atoms with Gasteiger partial charge >= 0.3 is 0 Å². The lowest BCUT2D eigenvalue weighted by Gasteiger charge is -2.15. The molecule has 0 aliphatic heterocycles. The highest BCUT2D eigenvalue weighted by Gasteiger charge is 2.19. The summed E-state index contributed by atoms with van der Waals surface area (Å²) in [4.78, 5) is 7.74. The summed E-state index contributed by atoms with van der Waals surface area (Å²) in [5, 5.41) is 4.80. The normalized spacial score (nSPS) is 11.1. The molecule has 0 N–H and O–H groups in total. The zero-order chi connectivity index (χ0) is 17.3. The van der Waals surface area contributed by atoms with Crippen LogP contribution in [0.25, 0.3) is 11.3 Å². The molecule has 1 aromatic carbocycles. The summed E-state index contributed by atoms with van der Waals surface area (Å²) >= 11 is 12.3. The van der Waals surface area contributed by atoms with Crippen LogP contribution in [0.4, 0.5) is 4.39 Å². The monoisotopic (exact) mass is 366 g/mol. The van der Waals surface area contributed by atoms with E-state index in [2.05, 4.69) is 15.1 Å². The quantitative estimate of drug-likeness (QED) is 0.598. The van der Waals surface area contributed by atoms with Crippen molar-refractivity contribution in [3.05, 3.63) is 52.9 Å². The van der Waals surface area contributed by atoms with Crippen LogP contribution in [0.2, 0.25) is 10.2 Å². The lowest BCUT2D eigenvalue weighted by molar-refractivity contribution is 0.475. The summed E-state index contributed by atoms with van der Waals surface area (Å²) in [6.45, 7) is 3.91. The first-order valence-electron chi connectivity index (χ1n) is 7.13. The largest absolute Gasteiger partial charge is 0.452 e. The van der Waals surface area contributed by atoms with Gasteiger partial charge in [0.15, 0.2) is 10.9 Å². The van der Waals surface area contributed by atoms with Gasteiger partial charge in [-0.05, 0) is 32.0 Å². The molecule has 0 fully saturated rings.